The van der Waals surface area contributed by atoms with E-state index in [1.54, 1.807) is 0 Å². The third-order valence-electron chi connectivity index (χ3n) is 6.92. The van der Waals surface area contributed by atoms with E-state index in [2.05, 4.69) is 11.9 Å². The highest BCUT2D eigenvalue weighted by atomic mass is 32.2. The van der Waals surface area contributed by atoms with Crippen LogP contribution in [0.5, 0.6) is 0 Å². The zero-order valence-electron chi connectivity index (χ0n) is 23.0. The molecule has 2 amide bonds. The van der Waals surface area contributed by atoms with E-state index in [1.807, 2.05) is 91.0 Å². The fraction of sp³-hybridized carbons (Fsp3) is 0.212. The minimum Gasteiger partial charge on any atom is -0.458 e. The molecule has 5 rings (SSSR count). The summed E-state index contributed by atoms with van der Waals surface area (Å²) >= 11 is 1.39. The Morgan fingerprint density at radius 3 is 2.10 bits per heavy atom. The van der Waals surface area contributed by atoms with Crippen LogP contribution in [0.1, 0.15) is 29.7 Å². The van der Waals surface area contributed by atoms with Crippen LogP contribution in [-0.2, 0) is 35.1 Å². The molecule has 2 atom stereocenters. The predicted molar refractivity (Wildman–Crippen MR) is 159 cm³/mol. The van der Waals surface area contributed by atoms with E-state index in [1.165, 1.54) is 23.6 Å². The highest BCUT2D eigenvalue weighted by Gasteiger charge is 2.54. The number of fused-ring (bicyclic) bond motifs is 1. The van der Waals surface area contributed by atoms with Crippen LogP contribution in [0.3, 0.4) is 0 Å². The summed E-state index contributed by atoms with van der Waals surface area (Å²) in [6.45, 7) is 4.93. The van der Waals surface area contributed by atoms with E-state index in [0.29, 0.717) is 11.3 Å². The van der Waals surface area contributed by atoms with E-state index >= 15 is 0 Å². The second-order valence-electron chi connectivity index (χ2n) is 10.0. The first kappa shape index (κ1) is 28.9. The summed E-state index contributed by atoms with van der Waals surface area (Å²) < 4.78 is 11.5. The number of nitrogens with one attached hydrogen (secondary N) is 1. The number of rotatable bonds is 10. The Bertz CT molecular complexity index is 1480. The van der Waals surface area contributed by atoms with Crippen molar-refractivity contribution in [3.05, 3.63) is 131 Å². The summed E-state index contributed by atoms with van der Waals surface area (Å²) in [6.07, 6.45) is -0.609. The van der Waals surface area contributed by atoms with Crippen LogP contribution in [0.15, 0.2) is 114 Å². The summed E-state index contributed by atoms with van der Waals surface area (Å²) in [5.41, 5.74) is 3.04. The number of thioether (sulfide) groups is 1. The minimum absolute atomic E-state index is 0.0312. The molecule has 2 heterocycles. The Morgan fingerprint density at radius 2 is 1.52 bits per heavy atom. The fourth-order valence-electron chi connectivity index (χ4n) is 4.81. The van der Waals surface area contributed by atoms with Crippen molar-refractivity contribution in [1.82, 2.24) is 10.2 Å². The quantitative estimate of drug-likeness (QED) is 0.216. The summed E-state index contributed by atoms with van der Waals surface area (Å²) in [5, 5.41) is 2.32. The zero-order valence-corrected chi connectivity index (χ0v) is 23.8. The number of benzene rings is 3. The Balaban J connectivity index is 1.40. The molecule has 0 spiro atoms. The molecule has 214 valence electrons. The van der Waals surface area contributed by atoms with E-state index in [4.69, 9.17) is 9.47 Å². The highest BCUT2D eigenvalue weighted by molar-refractivity contribution is 8.00. The van der Waals surface area contributed by atoms with Crippen LogP contribution in [-0.4, -0.2) is 52.4 Å². The molecule has 9 heteroatoms. The summed E-state index contributed by atoms with van der Waals surface area (Å²) in [4.78, 5) is 53.6. The van der Waals surface area contributed by atoms with Gasteiger partial charge in [-0.25, -0.2) is 9.59 Å². The SMILES string of the molecule is C=C(C)C(=O)OCC1=C(C(=O)OC(c2ccccc2)c2ccccc2)N2C(=O)[C@@H](NC(=O)Cc3ccccc3)[C@H]2SC1. The number of carbonyl (C=O) groups excluding carboxylic acids is 4. The normalized spacial score (nSPS) is 17.7. The van der Waals surface area contributed by atoms with Crippen LogP contribution in [0, 0.1) is 0 Å². The summed E-state index contributed by atoms with van der Waals surface area (Å²) in [5.74, 6) is -1.74. The molecular weight excluding hydrogens is 552 g/mol. The first-order valence-corrected chi connectivity index (χ1v) is 14.5. The molecule has 2 aliphatic heterocycles. The van der Waals surface area contributed by atoms with Gasteiger partial charge in [0.25, 0.3) is 5.91 Å². The Hall–Kier alpha value is -4.63. The van der Waals surface area contributed by atoms with Crippen LogP contribution < -0.4 is 5.32 Å². The number of hydrogen-bond acceptors (Lipinski definition) is 7. The van der Waals surface area contributed by atoms with Gasteiger partial charge in [0.1, 0.15) is 23.7 Å². The van der Waals surface area contributed by atoms with E-state index < -0.39 is 35.4 Å². The fourth-order valence-corrected chi connectivity index (χ4v) is 6.14. The lowest BCUT2D eigenvalue weighted by Gasteiger charge is -2.49. The van der Waals surface area contributed by atoms with Gasteiger partial charge in [-0.1, -0.05) is 97.6 Å². The number of amides is 2. The Labute approximate surface area is 248 Å². The largest absolute Gasteiger partial charge is 0.458 e. The predicted octanol–water partition coefficient (Wildman–Crippen LogP) is 4.34. The van der Waals surface area contributed by atoms with Crippen molar-refractivity contribution in [1.29, 1.82) is 0 Å². The second-order valence-corrected chi connectivity index (χ2v) is 11.1. The first-order chi connectivity index (χ1) is 20.3. The number of esters is 2. The van der Waals surface area contributed by atoms with E-state index in [0.717, 1.165) is 16.7 Å². The lowest BCUT2D eigenvalue weighted by atomic mass is 10.0. The molecule has 0 unspecified atom stereocenters. The van der Waals surface area contributed by atoms with Crippen LogP contribution in [0.2, 0.25) is 0 Å². The Kier molecular flexibility index (Phi) is 8.88. The van der Waals surface area contributed by atoms with Gasteiger partial charge in [0.05, 0.1) is 6.42 Å². The molecule has 42 heavy (non-hydrogen) atoms. The van der Waals surface area contributed by atoms with E-state index in [-0.39, 0.29) is 30.2 Å². The second kappa shape index (κ2) is 12.9. The molecule has 3 aromatic rings. The molecule has 1 N–H and O–H groups in total. The van der Waals surface area contributed by atoms with Crippen molar-refractivity contribution >= 4 is 35.5 Å². The number of carbonyl (C=O) groups is 4. The third-order valence-corrected chi connectivity index (χ3v) is 8.26. The van der Waals surface area contributed by atoms with Crippen LogP contribution in [0.4, 0.5) is 0 Å². The van der Waals surface area contributed by atoms with Crippen molar-refractivity contribution in [2.75, 3.05) is 12.4 Å². The molecule has 0 bridgehead atoms. The molecule has 0 aromatic heterocycles. The maximum absolute atomic E-state index is 13.9. The average Bonchev–Trinajstić information content (AvgIpc) is 3.01. The van der Waals surface area contributed by atoms with Crippen molar-refractivity contribution < 1.29 is 28.7 Å². The first-order valence-electron chi connectivity index (χ1n) is 13.5. The van der Waals surface area contributed by atoms with Crippen molar-refractivity contribution in [2.24, 2.45) is 0 Å². The number of hydrogen-bond donors (Lipinski definition) is 1. The van der Waals surface area contributed by atoms with Gasteiger partial charge in [-0.3, -0.25) is 14.5 Å². The lowest BCUT2D eigenvalue weighted by molar-refractivity contribution is -0.155. The molecular formula is C33H30N2O6S. The Morgan fingerprint density at radius 1 is 0.952 bits per heavy atom. The topological polar surface area (TPSA) is 102 Å². The lowest BCUT2D eigenvalue weighted by Crippen LogP contribution is -2.70. The van der Waals surface area contributed by atoms with Gasteiger partial charge in [-0.2, -0.15) is 0 Å². The van der Waals surface area contributed by atoms with Gasteiger partial charge in [-0.15, -0.1) is 11.8 Å². The zero-order chi connectivity index (χ0) is 29.6. The monoisotopic (exact) mass is 582 g/mol. The van der Waals surface area contributed by atoms with Gasteiger partial charge in [-0.05, 0) is 23.6 Å². The average molecular weight is 583 g/mol. The van der Waals surface area contributed by atoms with Gasteiger partial charge >= 0.3 is 11.9 Å². The van der Waals surface area contributed by atoms with Crippen LogP contribution >= 0.6 is 11.8 Å². The van der Waals surface area contributed by atoms with Gasteiger partial charge < -0.3 is 14.8 Å². The maximum Gasteiger partial charge on any atom is 0.356 e. The molecule has 0 aliphatic carbocycles. The van der Waals surface area contributed by atoms with Crippen molar-refractivity contribution in [2.45, 2.75) is 30.9 Å². The molecule has 0 saturated carbocycles. The highest BCUT2D eigenvalue weighted by Crippen LogP contribution is 2.41. The molecule has 1 fully saturated rings. The third kappa shape index (κ3) is 6.31. The minimum atomic E-state index is -0.799. The maximum atomic E-state index is 13.9. The number of ether oxygens (including phenoxy) is 2. The smallest absolute Gasteiger partial charge is 0.356 e. The van der Waals surface area contributed by atoms with Crippen molar-refractivity contribution in [3.63, 3.8) is 0 Å². The molecule has 2 aliphatic rings. The molecule has 1 saturated heterocycles. The van der Waals surface area contributed by atoms with Gasteiger partial charge in [0.15, 0.2) is 6.10 Å². The van der Waals surface area contributed by atoms with Gasteiger partial charge in [0, 0.05) is 16.9 Å². The standard InChI is InChI=1S/C33H30N2O6S/c1-21(2)32(38)40-19-25-20-42-31-27(34-26(36)18-22-12-6-3-7-13-22)30(37)35(31)28(25)33(39)41-29(23-14-8-4-9-15-23)24-16-10-5-11-17-24/h3-17,27,29,31H,1,18-20H2,2H3,(H,34,36)/t27-,31-/m1/s1. The van der Waals surface area contributed by atoms with Crippen molar-refractivity contribution in [3.8, 4) is 0 Å². The summed E-state index contributed by atoms with van der Waals surface area (Å²) in [6, 6.07) is 27.1. The molecule has 0 radical (unpaired) electrons. The summed E-state index contributed by atoms with van der Waals surface area (Å²) in [7, 11) is 0. The molecule has 3 aromatic carbocycles. The van der Waals surface area contributed by atoms with Gasteiger partial charge in [0.2, 0.25) is 5.91 Å². The number of β-lactam (4-membered cyclic amide) rings is 1. The number of nitrogens with zero attached hydrogens (tertiary/aromatic N) is 1. The van der Waals surface area contributed by atoms with Crippen LogP contribution in [0.25, 0.3) is 0 Å². The van der Waals surface area contributed by atoms with E-state index in [9.17, 15) is 19.2 Å². The molecule has 8 nitrogen and oxygen atoms in total.